The van der Waals surface area contributed by atoms with Crippen LogP contribution < -0.4 is 14.8 Å². The van der Waals surface area contributed by atoms with Gasteiger partial charge in [-0.05, 0) is 50.6 Å². The number of amides is 2. The number of carbonyl (C=O) groups excluding carboxylic acids is 2. The molecule has 2 aromatic rings. The molecule has 2 rings (SSSR count). The molecule has 27 heavy (non-hydrogen) atoms. The minimum absolute atomic E-state index is 0.0476. The van der Waals surface area contributed by atoms with E-state index in [2.05, 4.69) is 5.32 Å². The molecule has 1 atom stereocenters. The fourth-order valence-corrected chi connectivity index (χ4v) is 2.62. The maximum Gasteiger partial charge on any atom is 0.263 e. The Balaban J connectivity index is 1.95. The lowest BCUT2D eigenvalue weighted by molar-refractivity contribution is -0.140. The van der Waals surface area contributed by atoms with Crippen molar-refractivity contribution in [2.75, 3.05) is 25.5 Å². The molecule has 0 saturated carbocycles. The first-order chi connectivity index (χ1) is 12.9. The number of aryl methyl sites for hydroxylation is 1. The van der Waals surface area contributed by atoms with Gasteiger partial charge in [0.15, 0.2) is 6.10 Å². The molecule has 2 aromatic carbocycles. The van der Waals surface area contributed by atoms with Gasteiger partial charge in [0.25, 0.3) is 5.91 Å². The Hall–Kier alpha value is -3.02. The van der Waals surface area contributed by atoms with Crippen LogP contribution in [0.5, 0.6) is 11.5 Å². The molecule has 6 heteroatoms. The first-order valence-corrected chi connectivity index (χ1v) is 8.89. The van der Waals surface area contributed by atoms with Crippen LogP contribution in [0.4, 0.5) is 5.69 Å². The summed E-state index contributed by atoms with van der Waals surface area (Å²) < 4.78 is 10.9. The van der Waals surface area contributed by atoms with E-state index in [1.807, 2.05) is 38.1 Å². The van der Waals surface area contributed by atoms with Crippen LogP contribution in [0.1, 0.15) is 19.4 Å². The molecule has 144 valence electrons. The third-order valence-corrected chi connectivity index (χ3v) is 4.03. The number of methoxy groups -OCH3 is 1. The van der Waals surface area contributed by atoms with Gasteiger partial charge in [-0.25, -0.2) is 0 Å². The summed E-state index contributed by atoms with van der Waals surface area (Å²) in [6, 6.07) is 14.6. The van der Waals surface area contributed by atoms with Gasteiger partial charge in [-0.3, -0.25) is 9.59 Å². The number of rotatable bonds is 8. The highest BCUT2D eigenvalue weighted by molar-refractivity contribution is 5.95. The maximum absolute atomic E-state index is 12.7. The van der Waals surface area contributed by atoms with Crippen LogP contribution in [0.25, 0.3) is 0 Å². The average molecular weight is 370 g/mol. The summed E-state index contributed by atoms with van der Waals surface area (Å²) in [5.74, 6) is 0.769. The fraction of sp³-hybridized carbons (Fsp3) is 0.333. The van der Waals surface area contributed by atoms with Gasteiger partial charge < -0.3 is 19.7 Å². The van der Waals surface area contributed by atoms with Gasteiger partial charge in [0.2, 0.25) is 5.91 Å². The Bertz CT molecular complexity index is 791. The second kappa shape index (κ2) is 9.62. The third kappa shape index (κ3) is 6.02. The summed E-state index contributed by atoms with van der Waals surface area (Å²) in [6.07, 6.45) is -0.684. The zero-order chi connectivity index (χ0) is 19.8. The molecule has 0 bridgehead atoms. The van der Waals surface area contributed by atoms with E-state index in [-0.39, 0.29) is 18.4 Å². The summed E-state index contributed by atoms with van der Waals surface area (Å²) in [6.45, 7) is 5.84. The number of nitrogens with one attached hydrogen (secondary N) is 1. The Morgan fingerprint density at radius 1 is 1.11 bits per heavy atom. The van der Waals surface area contributed by atoms with E-state index in [0.717, 1.165) is 5.56 Å². The number of likely N-dealkylation sites (N-methyl/N-ethyl adjacent to an activating group) is 1. The Kier molecular flexibility index (Phi) is 7.23. The van der Waals surface area contributed by atoms with Gasteiger partial charge in [-0.2, -0.15) is 0 Å². The van der Waals surface area contributed by atoms with Crippen LogP contribution in [0.2, 0.25) is 0 Å². The molecule has 0 aromatic heterocycles. The van der Waals surface area contributed by atoms with E-state index in [9.17, 15) is 9.59 Å². The van der Waals surface area contributed by atoms with E-state index >= 15 is 0 Å². The van der Waals surface area contributed by atoms with Crippen LogP contribution in [-0.4, -0.2) is 43.0 Å². The predicted octanol–water partition coefficient (Wildman–Crippen LogP) is 3.26. The number of hydrogen-bond acceptors (Lipinski definition) is 4. The number of ether oxygens (including phenoxy) is 2. The zero-order valence-electron chi connectivity index (χ0n) is 16.2. The largest absolute Gasteiger partial charge is 0.497 e. The highest BCUT2D eigenvalue weighted by Gasteiger charge is 2.23. The lowest BCUT2D eigenvalue weighted by Crippen LogP contribution is -2.44. The van der Waals surface area contributed by atoms with Gasteiger partial charge in [0, 0.05) is 18.3 Å². The molecule has 0 spiro atoms. The highest BCUT2D eigenvalue weighted by atomic mass is 16.5. The van der Waals surface area contributed by atoms with E-state index < -0.39 is 6.10 Å². The molecule has 0 aliphatic rings. The second-order valence-corrected chi connectivity index (χ2v) is 6.21. The number of hydrogen-bond donors (Lipinski definition) is 1. The summed E-state index contributed by atoms with van der Waals surface area (Å²) in [4.78, 5) is 26.4. The first kappa shape index (κ1) is 20.3. The molecule has 0 radical (unpaired) electrons. The van der Waals surface area contributed by atoms with Gasteiger partial charge in [0.05, 0.1) is 13.7 Å². The molecular formula is C21H26N2O4. The molecule has 0 aliphatic carbocycles. The van der Waals surface area contributed by atoms with Gasteiger partial charge in [-0.1, -0.05) is 18.2 Å². The van der Waals surface area contributed by atoms with E-state index in [4.69, 9.17) is 9.47 Å². The quantitative estimate of drug-likeness (QED) is 0.774. The van der Waals surface area contributed by atoms with Crippen molar-refractivity contribution >= 4 is 17.5 Å². The van der Waals surface area contributed by atoms with Crippen molar-refractivity contribution < 1.29 is 19.1 Å². The van der Waals surface area contributed by atoms with Crippen molar-refractivity contribution in [3.8, 4) is 11.5 Å². The van der Waals surface area contributed by atoms with Crippen LogP contribution in [0.3, 0.4) is 0 Å². The first-order valence-electron chi connectivity index (χ1n) is 8.89. The maximum atomic E-state index is 12.7. The number of anilines is 1. The van der Waals surface area contributed by atoms with Crippen LogP contribution in [0.15, 0.2) is 48.5 Å². The number of nitrogens with zero attached hydrogens (tertiary/aromatic N) is 1. The van der Waals surface area contributed by atoms with Crippen molar-refractivity contribution in [3.63, 3.8) is 0 Å². The number of benzene rings is 2. The van der Waals surface area contributed by atoms with E-state index in [0.29, 0.717) is 23.7 Å². The van der Waals surface area contributed by atoms with Crippen molar-refractivity contribution in [1.29, 1.82) is 0 Å². The van der Waals surface area contributed by atoms with Crippen molar-refractivity contribution in [2.24, 2.45) is 0 Å². The summed E-state index contributed by atoms with van der Waals surface area (Å²) in [5, 5.41) is 2.78. The van der Waals surface area contributed by atoms with Crippen molar-refractivity contribution in [3.05, 3.63) is 54.1 Å². The van der Waals surface area contributed by atoms with Gasteiger partial charge in [-0.15, -0.1) is 0 Å². The van der Waals surface area contributed by atoms with Crippen LogP contribution >= 0.6 is 0 Å². The Labute approximate surface area is 160 Å². The van der Waals surface area contributed by atoms with Crippen LogP contribution in [-0.2, 0) is 9.59 Å². The van der Waals surface area contributed by atoms with Crippen molar-refractivity contribution in [1.82, 2.24) is 4.90 Å². The molecule has 6 nitrogen and oxygen atoms in total. The Morgan fingerprint density at radius 2 is 1.81 bits per heavy atom. The summed E-state index contributed by atoms with van der Waals surface area (Å²) >= 11 is 0. The topological polar surface area (TPSA) is 67.9 Å². The predicted molar refractivity (Wildman–Crippen MR) is 105 cm³/mol. The molecule has 1 N–H and O–H groups in total. The minimum Gasteiger partial charge on any atom is -0.497 e. The molecular weight excluding hydrogens is 344 g/mol. The standard InChI is InChI=1S/C21H26N2O4/c1-5-23(14-20(24)22-17-9-7-10-18(13-17)26-4)21(25)16(3)27-19-11-6-8-15(2)12-19/h6-13,16H,5,14H2,1-4H3,(H,22,24)/t16-/m0/s1. The third-order valence-electron chi connectivity index (χ3n) is 4.03. The van der Waals surface area contributed by atoms with Gasteiger partial charge >= 0.3 is 0 Å². The van der Waals surface area contributed by atoms with Crippen molar-refractivity contribution in [2.45, 2.75) is 26.9 Å². The lowest BCUT2D eigenvalue weighted by atomic mass is 10.2. The van der Waals surface area contributed by atoms with E-state index in [1.54, 1.807) is 38.3 Å². The normalized spacial score (nSPS) is 11.4. The smallest absolute Gasteiger partial charge is 0.263 e. The summed E-state index contributed by atoms with van der Waals surface area (Å²) in [7, 11) is 1.56. The number of carbonyl (C=O) groups is 2. The molecule has 0 fully saturated rings. The molecule has 2 amide bonds. The fourth-order valence-electron chi connectivity index (χ4n) is 2.62. The minimum atomic E-state index is -0.684. The van der Waals surface area contributed by atoms with Gasteiger partial charge in [0.1, 0.15) is 11.5 Å². The average Bonchev–Trinajstić information content (AvgIpc) is 2.65. The monoisotopic (exact) mass is 370 g/mol. The lowest BCUT2D eigenvalue weighted by Gasteiger charge is -2.24. The van der Waals surface area contributed by atoms with E-state index in [1.165, 1.54) is 4.90 Å². The molecule has 0 heterocycles. The Morgan fingerprint density at radius 3 is 2.48 bits per heavy atom. The molecule has 0 aliphatic heterocycles. The second-order valence-electron chi connectivity index (χ2n) is 6.21. The molecule has 0 unspecified atom stereocenters. The highest BCUT2D eigenvalue weighted by Crippen LogP contribution is 2.17. The zero-order valence-corrected chi connectivity index (χ0v) is 16.2. The van der Waals surface area contributed by atoms with Crippen LogP contribution in [0, 0.1) is 6.92 Å². The summed E-state index contributed by atoms with van der Waals surface area (Å²) in [5.41, 5.74) is 1.67. The SMILES string of the molecule is CCN(CC(=O)Nc1cccc(OC)c1)C(=O)[C@H](C)Oc1cccc(C)c1. The molecule has 0 saturated heterocycles.